The molecule has 0 aliphatic carbocycles. The first-order valence-electron chi connectivity index (χ1n) is 7.92. The first kappa shape index (κ1) is 17.1. The standard InChI is InChI=1S/C17H23N3O3/c1-13(9-10-14-6-3-2-4-7-14)19-20-17(22)16(21)18-12-15-8-5-11-23-15/h2-4,6-7,15H,5,8-12H2,1H3,(H,18,21)(H,20,22)/b19-13-/t15-/m0/s1. The summed E-state index contributed by atoms with van der Waals surface area (Å²) < 4.78 is 5.38. The molecule has 1 aromatic carbocycles. The number of amides is 2. The van der Waals surface area contributed by atoms with Crippen LogP contribution in [0, 0.1) is 0 Å². The maximum atomic E-state index is 11.7. The Hall–Kier alpha value is -2.21. The van der Waals surface area contributed by atoms with Gasteiger partial charge in [0, 0.05) is 18.9 Å². The van der Waals surface area contributed by atoms with Gasteiger partial charge in [0.25, 0.3) is 0 Å². The number of carbonyl (C=O) groups excluding carboxylic acids is 2. The van der Waals surface area contributed by atoms with Gasteiger partial charge in [-0.15, -0.1) is 0 Å². The van der Waals surface area contributed by atoms with Gasteiger partial charge in [0.15, 0.2) is 0 Å². The molecule has 0 radical (unpaired) electrons. The molecule has 6 heteroatoms. The lowest BCUT2D eigenvalue weighted by atomic mass is 10.1. The van der Waals surface area contributed by atoms with Gasteiger partial charge < -0.3 is 10.1 Å². The lowest BCUT2D eigenvalue weighted by molar-refractivity contribution is -0.139. The highest BCUT2D eigenvalue weighted by Gasteiger charge is 2.19. The zero-order valence-electron chi connectivity index (χ0n) is 13.4. The Morgan fingerprint density at radius 2 is 2.04 bits per heavy atom. The quantitative estimate of drug-likeness (QED) is 0.473. The SMILES string of the molecule is C/C(CCc1ccccc1)=N/NC(=O)C(=O)NC[C@@H]1CCCO1. The van der Waals surface area contributed by atoms with Gasteiger partial charge in [-0.3, -0.25) is 9.59 Å². The maximum absolute atomic E-state index is 11.7. The normalized spacial score (nSPS) is 17.8. The van der Waals surface area contributed by atoms with Crippen molar-refractivity contribution in [3.8, 4) is 0 Å². The van der Waals surface area contributed by atoms with Crippen LogP contribution in [0.5, 0.6) is 0 Å². The fourth-order valence-corrected chi connectivity index (χ4v) is 2.31. The molecule has 0 unspecified atom stereocenters. The van der Waals surface area contributed by atoms with E-state index in [1.54, 1.807) is 0 Å². The van der Waals surface area contributed by atoms with Crippen LogP contribution in [-0.2, 0) is 20.7 Å². The lowest BCUT2D eigenvalue weighted by Gasteiger charge is -2.09. The summed E-state index contributed by atoms with van der Waals surface area (Å²) in [4.78, 5) is 23.3. The number of hydrazone groups is 1. The van der Waals surface area contributed by atoms with Crippen molar-refractivity contribution in [2.24, 2.45) is 5.10 Å². The Morgan fingerprint density at radius 3 is 2.74 bits per heavy atom. The van der Waals surface area contributed by atoms with Crippen molar-refractivity contribution in [2.45, 2.75) is 38.7 Å². The number of carbonyl (C=O) groups is 2. The van der Waals surface area contributed by atoms with Crippen molar-refractivity contribution in [3.05, 3.63) is 35.9 Å². The summed E-state index contributed by atoms with van der Waals surface area (Å²) in [5.74, 6) is -1.43. The summed E-state index contributed by atoms with van der Waals surface area (Å²) in [7, 11) is 0. The Labute approximate surface area is 136 Å². The number of rotatable bonds is 6. The smallest absolute Gasteiger partial charge is 0.329 e. The molecule has 0 bridgehead atoms. The van der Waals surface area contributed by atoms with Gasteiger partial charge in [0.2, 0.25) is 0 Å². The first-order valence-corrected chi connectivity index (χ1v) is 7.92. The number of hydrogen-bond donors (Lipinski definition) is 2. The molecular formula is C17H23N3O3. The first-order chi connectivity index (χ1) is 11.1. The van der Waals surface area contributed by atoms with Crippen LogP contribution in [0.2, 0.25) is 0 Å². The molecule has 1 atom stereocenters. The van der Waals surface area contributed by atoms with Gasteiger partial charge in [-0.2, -0.15) is 5.10 Å². The molecule has 2 amide bonds. The van der Waals surface area contributed by atoms with Crippen molar-refractivity contribution in [1.82, 2.24) is 10.7 Å². The second kappa shape index (κ2) is 9.05. The topological polar surface area (TPSA) is 79.8 Å². The number of nitrogens with zero attached hydrogens (tertiary/aromatic N) is 1. The van der Waals surface area contributed by atoms with Gasteiger partial charge in [0.05, 0.1) is 6.10 Å². The average molecular weight is 317 g/mol. The van der Waals surface area contributed by atoms with E-state index in [4.69, 9.17) is 4.74 Å². The maximum Gasteiger partial charge on any atom is 0.329 e. The van der Waals surface area contributed by atoms with E-state index in [2.05, 4.69) is 15.8 Å². The zero-order chi connectivity index (χ0) is 16.5. The highest BCUT2D eigenvalue weighted by molar-refractivity contribution is 6.35. The van der Waals surface area contributed by atoms with E-state index >= 15 is 0 Å². The van der Waals surface area contributed by atoms with E-state index in [-0.39, 0.29) is 6.10 Å². The Morgan fingerprint density at radius 1 is 1.26 bits per heavy atom. The minimum absolute atomic E-state index is 0.0165. The molecule has 1 saturated heterocycles. The van der Waals surface area contributed by atoms with E-state index in [0.29, 0.717) is 6.54 Å². The summed E-state index contributed by atoms with van der Waals surface area (Å²) in [6.45, 7) is 2.91. The monoisotopic (exact) mass is 317 g/mol. The summed E-state index contributed by atoms with van der Waals surface area (Å²) in [5.41, 5.74) is 4.27. The molecule has 2 rings (SSSR count). The molecule has 1 aromatic rings. The van der Waals surface area contributed by atoms with Crippen LogP contribution < -0.4 is 10.7 Å². The van der Waals surface area contributed by atoms with E-state index in [9.17, 15) is 9.59 Å². The van der Waals surface area contributed by atoms with Crippen LogP contribution in [0.3, 0.4) is 0 Å². The number of nitrogens with one attached hydrogen (secondary N) is 2. The van der Waals surface area contributed by atoms with Crippen LogP contribution in [0.4, 0.5) is 0 Å². The van der Waals surface area contributed by atoms with Gasteiger partial charge in [-0.05, 0) is 38.2 Å². The summed E-state index contributed by atoms with van der Waals surface area (Å²) in [6.07, 6.45) is 3.50. The number of benzene rings is 1. The third-order valence-corrected chi connectivity index (χ3v) is 3.69. The zero-order valence-corrected chi connectivity index (χ0v) is 13.4. The van der Waals surface area contributed by atoms with Gasteiger partial charge in [-0.1, -0.05) is 30.3 Å². The van der Waals surface area contributed by atoms with Crippen molar-refractivity contribution in [3.63, 3.8) is 0 Å². The molecule has 1 aliphatic heterocycles. The minimum Gasteiger partial charge on any atom is -0.376 e. The van der Waals surface area contributed by atoms with E-state index in [1.165, 1.54) is 5.56 Å². The Kier molecular flexibility index (Phi) is 6.75. The molecule has 0 spiro atoms. The molecule has 0 aromatic heterocycles. The van der Waals surface area contributed by atoms with Crippen LogP contribution in [0.15, 0.2) is 35.4 Å². The van der Waals surface area contributed by atoms with Gasteiger partial charge in [0.1, 0.15) is 0 Å². The van der Waals surface area contributed by atoms with Gasteiger partial charge in [-0.25, -0.2) is 5.43 Å². The Bertz CT molecular complexity index is 551. The molecular weight excluding hydrogens is 294 g/mol. The number of hydrogen-bond acceptors (Lipinski definition) is 4. The molecule has 1 fully saturated rings. The van der Waals surface area contributed by atoms with Crippen molar-refractivity contribution >= 4 is 17.5 Å². The molecule has 23 heavy (non-hydrogen) atoms. The predicted molar refractivity (Wildman–Crippen MR) is 88.0 cm³/mol. The molecule has 124 valence electrons. The van der Waals surface area contributed by atoms with Crippen LogP contribution in [-0.4, -0.2) is 36.8 Å². The molecule has 1 heterocycles. The Balaban J connectivity index is 1.67. The molecule has 6 nitrogen and oxygen atoms in total. The minimum atomic E-state index is -0.748. The lowest BCUT2D eigenvalue weighted by Crippen LogP contribution is -2.41. The average Bonchev–Trinajstić information content (AvgIpc) is 3.10. The third-order valence-electron chi connectivity index (χ3n) is 3.69. The van der Waals surface area contributed by atoms with E-state index in [0.717, 1.165) is 38.0 Å². The predicted octanol–water partition coefficient (Wildman–Crippen LogP) is 1.41. The van der Waals surface area contributed by atoms with Crippen LogP contribution in [0.25, 0.3) is 0 Å². The van der Waals surface area contributed by atoms with E-state index in [1.807, 2.05) is 37.3 Å². The van der Waals surface area contributed by atoms with E-state index < -0.39 is 11.8 Å². The summed E-state index contributed by atoms with van der Waals surface area (Å²) >= 11 is 0. The molecule has 0 saturated carbocycles. The van der Waals surface area contributed by atoms with Crippen LogP contribution >= 0.6 is 0 Å². The van der Waals surface area contributed by atoms with Gasteiger partial charge >= 0.3 is 11.8 Å². The molecule has 1 aliphatic rings. The highest BCUT2D eigenvalue weighted by Crippen LogP contribution is 2.10. The van der Waals surface area contributed by atoms with Crippen molar-refractivity contribution in [1.29, 1.82) is 0 Å². The van der Waals surface area contributed by atoms with Crippen molar-refractivity contribution < 1.29 is 14.3 Å². The summed E-state index contributed by atoms with van der Waals surface area (Å²) in [6, 6.07) is 10.0. The largest absolute Gasteiger partial charge is 0.376 e. The molecule has 2 N–H and O–H groups in total. The number of aryl methyl sites for hydroxylation is 1. The van der Waals surface area contributed by atoms with Crippen LogP contribution in [0.1, 0.15) is 31.7 Å². The fourth-order valence-electron chi connectivity index (χ4n) is 2.31. The second-order valence-corrected chi connectivity index (χ2v) is 5.62. The van der Waals surface area contributed by atoms with Crippen molar-refractivity contribution in [2.75, 3.05) is 13.2 Å². The highest BCUT2D eigenvalue weighted by atomic mass is 16.5. The summed E-state index contributed by atoms with van der Waals surface area (Å²) in [5, 5.41) is 6.53. The second-order valence-electron chi connectivity index (χ2n) is 5.62. The fraction of sp³-hybridized carbons (Fsp3) is 0.471. The number of ether oxygens (including phenoxy) is 1. The third kappa shape index (κ3) is 6.20.